The summed E-state index contributed by atoms with van der Waals surface area (Å²) in [5.74, 6) is 0.576. The van der Waals surface area contributed by atoms with Gasteiger partial charge in [-0.25, -0.2) is 4.98 Å². The minimum absolute atomic E-state index is 0.164. The van der Waals surface area contributed by atoms with Gasteiger partial charge in [-0.05, 0) is 12.8 Å². The van der Waals surface area contributed by atoms with E-state index >= 15 is 0 Å². The Labute approximate surface area is 94.1 Å². The maximum atomic E-state index is 12.0. The van der Waals surface area contributed by atoms with Gasteiger partial charge in [0, 0.05) is 19.0 Å². The molecule has 82 valence electrons. The highest BCUT2D eigenvalue weighted by molar-refractivity contribution is 7.13. The van der Waals surface area contributed by atoms with Crippen LogP contribution in [0, 0.1) is 0 Å². The van der Waals surface area contributed by atoms with Crippen molar-refractivity contribution in [3.05, 3.63) is 16.1 Å². The van der Waals surface area contributed by atoms with Gasteiger partial charge in [-0.3, -0.25) is 4.79 Å². The van der Waals surface area contributed by atoms with Crippen LogP contribution in [0.4, 0.5) is 0 Å². The van der Waals surface area contributed by atoms with E-state index in [9.17, 15) is 4.79 Å². The molecule has 1 aromatic rings. The summed E-state index contributed by atoms with van der Waals surface area (Å²) >= 11 is 1.53. The van der Waals surface area contributed by atoms with E-state index in [0.29, 0.717) is 5.92 Å². The molecular weight excluding hydrogens is 208 g/mol. The molecule has 1 saturated heterocycles. The number of carbonyl (C=O) groups is 1. The lowest BCUT2D eigenvalue weighted by Crippen LogP contribution is -2.26. The topological polar surface area (TPSA) is 33.2 Å². The molecule has 2 rings (SSSR count). The van der Waals surface area contributed by atoms with Gasteiger partial charge >= 0.3 is 0 Å². The number of hydrogen-bond acceptors (Lipinski definition) is 3. The fourth-order valence-corrected chi connectivity index (χ4v) is 2.62. The Bertz CT molecular complexity index is 353. The van der Waals surface area contributed by atoms with E-state index in [4.69, 9.17) is 0 Å². The smallest absolute Gasteiger partial charge is 0.265 e. The Balaban J connectivity index is 2.11. The summed E-state index contributed by atoms with van der Waals surface area (Å²) in [6, 6.07) is 0. The number of likely N-dealkylation sites (tertiary alicyclic amines) is 1. The first kappa shape index (κ1) is 10.6. The predicted molar refractivity (Wildman–Crippen MR) is 61.3 cm³/mol. The van der Waals surface area contributed by atoms with Crippen LogP contribution in [0.25, 0.3) is 0 Å². The molecule has 15 heavy (non-hydrogen) atoms. The highest BCUT2D eigenvalue weighted by atomic mass is 32.1. The molecule has 3 nitrogen and oxygen atoms in total. The lowest BCUT2D eigenvalue weighted by atomic mass is 10.2. The summed E-state index contributed by atoms with van der Waals surface area (Å²) in [6.07, 6.45) is 4.00. The quantitative estimate of drug-likeness (QED) is 0.773. The van der Waals surface area contributed by atoms with Gasteiger partial charge in [0.05, 0.1) is 11.2 Å². The maximum absolute atomic E-state index is 12.0. The van der Waals surface area contributed by atoms with Crippen LogP contribution in [0.5, 0.6) is 0 Å². The van der Waals surface area contributed by atoms with Gasteiger partial charge in [0.25, 0.3) is 5.91 Å². The number of hydrogen-bond donors (Lipinski definition) is 0. The highest BCUT2D eigenvalue weighted by Gasteiger charge is 2.21. The van der Waals surface area contributed by atoms with Crippen molar-refractivity contribution in [2.45, 2.75) is 32.6 Å². The first-order valence-corrected chi connectivity index (χ1v) is 6.25. The van der Waals surface area contributed by atoms with Crippen molar-refractivity contribution in [3.8, 4) is 0 Å². The Hall–Kier alpha value is -0.900. The number of nitrogens with zero attached hydrogens (tertiary/aromatic N) is 2. The largest absolute Gasteiger partial charge is 0.338 e. The molecule has 1 aliphatic rings. The summed E-state index contributed by atoms with van der Waals surface area (Å²) in [5, 5.41) is 1.05. The lowest BCUT2D eigenvalue weighted by molar-refractivity contribution is 0.0797. The van der Waals surface area contributed by atoms with Gasteiger partial charge < -0.3 is 4.90 Å². The van der Waals surface area contributed by atoms with E-state index in [0.717, 1.165) is 35.8 Å². The predicted octanol–water partition coefficient (Wildman–Crippen LogP) is 2.50. The fourth-order valence-electron chi connectivity index (χ4n) is 1.73. The van der Waals surface area contributed by atoms with E-state index in [1.165, 1.54) is 11.3 Å². The van der Waals surface area contributed by atoms with E-state index in [-0.39, 0.29) is 5.91 Å². The van der Waals surface area contributed by atoms with Gasteiger partial charge in [-0.15, -0.1) is 11.3 Å². The molecule has 0 saturated carbocycles. The maximum Gasteiger partial charge on any atom is 0.265 e. The number of aromatic nitrogens is 1. The average Bonchev–Trinajstić information content (AvgIpc) is 2.88. The van der Waals surface area contributed by atoms with Crippen molar-refractivity contribution >= 4 is 17.2 Å². The van der Waals surface area contributed by atoms with Crippen LogP contribution in [0.2, 0.25) is 0 Å². The standard InChI is InChI=1S/C11H16N2OS/c1-8(2)10-12-7-9(15-10)11(14)13-5-3-4-6-13/h7-8H,3-6H2,1-2H3. The molecule has 4 heteroatoms. The zero-order valence-corrected chi connectivity index (χ0v) is 10.0. The summed E-state index contributed by atoms with van der Waals surface area (Å²) in [5.41, 5.74) is 0. The summed E-state index contributed by atoms with van der Waals surface area (Å²) in [7, 11) is 0. The average molecular weight is 224 g/mol. The van der Waals surface area contributed by atoms with Crippen molar-refractivity contribution < 1.29 is 4.79 Å². The van der Waals surface area contributed by atoms with Gasteiger partial charge in [0.15, 0.2) is 0 Å². The summed E-state index contributed by atoms with van der Waals surface area (Å²) in [6.45, 7) is 6.02. The van der Waals surface area contributed by atoms with E-state index < -0.39 is 0 Å². The van der Waals surface area contributed by atoms with Crippen LogP contribution in [-0.2, 0) is 0 Å². The Morgan fingerprint density at radius 2 is 2.13 bits per heavy atom. The summed E-state index contributed by atoms with van der Waals surface area (Å²) in [4.78, 5) is 19.0. The van der Waals surface area contributed by atoms with E-state index in [2.05, 4.69) is 18.8 Å². The molecule has 1 aliphatic heterocycles. The van der Waals surface area contributed by atoms with Crippen LogP contribution in [0.3, 0.4) is 0 Å². The summed E-state index contributed by atoms with van der Waals surface area (Å²) < 4.78 is 0. The Kier molecular flexibility index (Phi) is 3.05. The van der Waals surface area contributed by atoms with Crippen LogP contribution >= 0.6 is 11.3 Å². The highest BCUT2D eigenvalue weighted by Crippen LogP contribution is 2.23. The van der Waals surface area contributed by atoms with Gasteiger partial charge in [-0.1, -0.05) is 13.8 Å². The molecule has 0 unspecified atom stereocenters. The molecule has 0 aromatic carbocycles. The molecule has 1 fully saturated rings. The van der Waals surface area contributed by atoms with Crippen molar-refractivity contribution in [2.24, 2.45) is 0 Å². The lowest BCUT2D eigenvalue weighted by Gasteiger charge is -2.12. The van der Waals surface area contributed by atoms with Crippen molar-refractivity contribution in [2.75, 3.05) is 13.1 Å². The molecule has 1 amide bonds. The zero-order chi connectivity index (χ0) is 10.8. The number of thiazole rings is 1. The Morgan fingerprint density at radius 1 is 1.47 bits per heavy atom. The van der Waals surface area contributed by atoms with Gasteiger partial charge in [0.2, 0.25) is 0 Å². The SMILES string of the molecule is CC(C)c1ncc(C(=O)N2CCCC2)s1. The third-order valence-electron chi connectivity index (χ3n) is 2.62. The van der Waals surface area contributed by atoms with Crippen LogP contribution in [-0.4, -0.2) is 28.9 Å². The van der Waals surface area contributed by atoms with Crippen molar-refractivity contribution in [1.29, 1.82) is 0 Å². The molecule has 0 bridgehead atoms. The second kappa shape index (κ2) is 4.31. The normalized spacial score (nSPS) is 16.3. The molecule has 0 N–H and O–H groups in total. The second-order valence-electron chi connectivity index (χ2n) is 4.22. The molecular formula is C11H16N2OS. The van der Waals surface area contributed by atoms with Crippen LogP contribution < -0.4 is 0 Å². The van der Waals surface area contributed by atoms with Crippen LogP contribution in [0.15, 0.2) is 6.20 Å². The Morgan fingerprint density at radius 3 is 2.67 bits per heavy atom. The zero-order valence-electron chi connectivity index (χ0n) is 9.19. The first-order valence-electron chi connectivity index (χ1n) is 5.43. The molecule has 1 aromatic heterocycles. The molecule has 0 radical (unpaired) electrons. The van der Waals surface area contributed by atoms with Crippen LogP contribution in [0.1, 0.15) is 47.3 Å². The monoisotopic (exact) mass is 224 g/mol. The second-order valence-corrected chi connectivity index (χ2v) is 5.28. The van der Waals surface area contributed by atoms with Gasteiger partial charge in [0.1, 0.15) is 4.88 Å². The van der Waals surface area contributed by atoms with Gasteiger partial charge in [-0.2, -0.15) is 0 Å². The number of carbonyl (C=O) groups excluding carboxylic acids is 1. The molecule has 0 spiro atoms. The molecule has 0 atom stereocenters. The third-order valence-corrected chi connectivity index (χ3v) is 3.91. The minimum Gasteiger partial charge on any atom is -0.338 e. The first-order chi connectivity index (χ1) is 7.18. The van der Waals surface area contributed by atoms with Crippen molar-refractivity contribution in [1.82, 2.24) is 9.88 Å². The molecule has 0 aliphatic carbocycles. The molecule has 2 heterocycles. The van der Waals surface area contributed by atoms with E-state index in [1.807, 2.05) is 4.90 Å². The fraction of sp³-hybridized carbons (Fsp3) is 0.636. The minimum atomic E-state index is 0.164. The number of rotatable bonds is 2. The van der Waals surface area contributed by atoms with E-state index in [1.54, 1.807) is 6.20 Å². The third kappa shape index (κ3) is 2.20. The van der Waals surface area contributed by atoms with Crippen molar-refractivity contribution in [3.63, 3.8) is 0 Å². The number of amides is 1.